The number of rotatable bonds is 15. The molecule has 1 heterocycles. The number of carbonyl (C=O) groups excluding carboxylic acids is 2. The maximum absolute atomic E-state index is 12.7. The maximum Gasteiger partial charge on any atom is 0.224 e. The van der Waals surface area contributed by atoms with Crippen LogP contribution in [-0.4, -0.2) is 48.1 Å². The average molecular weight is 601 g/mol. The van der Waals surface area contributed by atoms with Gasteiger partial charge in [0, 0.05) is 43.6 Å². The smallest absolute Gasteiger partial charge is 0.224 e. The third-order valence-electron chi connectivity index (χ3n) is 7.56. The molecule has 1 aliphatic heterocycles. The molecule has 5 N–H and O–H groups in total. The molecule has 3 aromatic rings. The number of nitrogens with one attached hydrogen (secondary N) is 2. The van der Waals surface area contributed by atoms with Crippen LogP contribution in [-0.2, 0) is 25.7 Å². The first-order valence-corrected chi connectivity index (χ1v) is 15.2. The van der Waals surface area contributed by atoms with Gasteiger partial charge in [-0.25, -0.2) is 0 Å². The van der Waals surface area contributed by atoms with Crippen LogP contribution in [0.2, 0.25) is 0 Å². The van der Waals surface area contributed by atoms with E-state index in [9.17, 15) is 14.7 Å². The number of aliphatic hydroxyl groups is 1. The molecule has 3 unspecified atom stereocenters. The third kappa shape index (κ3) is 10.0. The predicted octanol–water partition coefficient (Wildman–Crippen LogP) is 5.95. The van der Waals surface area contributed by atoms with Gasteiger partial charge in [-0.05, 0) is 55.3 Å². The number of amides is 2. The number of hydrogen-bond donors (Lipinski definition) is 4. The van der Waals surface area contributed by atoms with Crippen molar-refractivity contribution in [3.63, 3.8) is 0 Å². The van der Waals surface area contributed by atoms with Crippen LogP contribution in [0.4, 0.5) is 17.1 Å². The van der Waals surface area contributed by atoms with Crippen LogP contribution in [0.3, 0.4) is 0 Å². The summed E-state index contributed by atoms with van der Waals surface area (Å²) in [6.07, 6.45) is 4.54. The van der Waals surface area contributed by atoms with Crippen molar-refractivity contribution in [1.29, 1.82) is 0 Å². The van der Waals surface area contributed by atoms with Gasteiger partial charge in [0.1, 0.15) is 0 Å². The second-order valence-corrected chi connectivity index (χ2v) is 11.2. The number of aliphatic hydroxyl groups excluding tert-OH is 1. The Morgan fingerprint density at radius 2 is 1.68 bits per heavy atom. The molecule has 44 heavy (non-hydrogen) atoms. The number of para-hydroxylation sites is 2. The van der Waals surface area contributed by atoms with Crippen molar-refractivity contribution in [2.75, 3.05) is 36.5 Å². The monoisotopic (exact) mass is 600 g/mol. The first-order chi connectivity index (χ1) is 21.3. The minimum atomic E-state index is -0.609. The first-order valence-electron chi connectivity index (χ1n) is 15.2. The summed E-state index contributed by atoms with van der Waals surface area (Å²) in [7, 11) is 2.03. The lowest BCUT2D eigenvalue weighted by atomic mass is 9.99. The van der Waals surface area contributed by atoms with E-state index in [4.69, 9.17) is 15.2 Å². The van der Waals surface area contributed by atoms with Gasteiger partial charge in [-0.2, -0.15) is 0 Å². The van der Waals surface area contributed by atoms with E-state index in [-0.39, 0.29) is 30.6 Å². The molecule has 0 aromatic heterocycles. The van der Waals surface area contributed by atoms with Crippen LogP contribution in [0.25, 0.3) is 0 Å². The molecule has 0 saturated carbocycles. The standard InChI is InChI=1S/C35H44N4O5/c1-3-20-39(2)23-29-22-32(26-18-16-25(24-40)17-19-26)44-35(43-29)27-10-9-11-28(21-27)37-33(41)14-5-4-6-15-34(42)38-31-13-8-7-12-30(31)36/h3,7-13,16-19,21,29,32,35,40H,1,4-6,14-15,20,22-24,36H2,2H3,(H,37,41)(H,38,42). The Morgan fingerprint density at radius 3 is 2.39 bits per heavy atom. The highest BCUT2D eigenvalue weighted by Gasteiger charge is 2.32. The van der Waals surface area contributed by atoms with E-state index in [1.807, 2.05) is 73.8 Å². The van der Waals surface area contributed by atoms with E-state index in [0.29, 0.717) is 49.2 Å². The van der Waals surface area contributed by atoms with Gasteiger partial charge in [-0.3, -0.25) is 9.59 Å². The highest BCUT2D eigenvalue weighted by molar-refractivity contribution is 5.93. The number of anilines is 3. The normalized spacial score (nSPS) is 18.1. The molecule has 3 atom stereocenters. The van der Waals surface area contributed by atoms with Gasteiger partial charge in [0.15, 0.2) is 6.29 Å². The Morgan fingerprint density at radius 1 is 0.955 bits per heavy atom. The van der Waals surface area contributed by atoms with E-state index in [1.54, 1.807) is 12.1 Å². The number of benzene rings is 3. The van der Waals surface area contributed by atoms with Crippen LogP contribution >= 0.6 is 0 Å². The van der Waals surface area contributed by atoms with Crippen molar-refractivity contribution in [2.45, 2.75) is 63.6 Å². The molecule has 0 aliphatic carbocycles. The van der Waals surface area contributed by atoms with Gasteiger partial charge in [-0.1, -0.05) is 61.0 Å². The summed E-state index contributed by atoms with van der Waals surface area (Å²) >= 11 is 0. The highest BCUT2D eigenvalue weighted by Crippen LogP contribution is 2.38. The van der Waals surface area contributed by atoms with Gasteiger partial charge in [0.2, 0.25) is 11.8 Å². The van der Waals surface area contributed by atoms with E-state index < -0.39 is 6.29 Å². The molecule has 2 amide bonds. The number of nitrogens with two attached hydrogens (primary N) is 1. The zero-order chi connectivity index (χ0) is 31.3. The molecule has 0 radical (unpaired) electrons. The third-order valence-corrected chi connectivity index (χ3v) is 7.56. The Labute approximate surface area is 260 Å². The van der Waals surface area contributed by atoms with Crippen LogP contribution in [0, 0.1) is 0 Å². The van der Waals surface area contributed by atoms with Gasteiger partial charge >= 0.3 is 0 Å². The van der Waals surface area contributed by atoms with Crippen LogP contribution < -0.4 is 16.4 Å². The summed E-state index contributed by atoms with van der Waals surface area (Å²) < 4.78 is 12.9. The zero-order valence-corrected chi connectivity index (χ0v) is 25.4. The predicted molar refractivity (Wildman–Crippen MR) is 174 cm³/mol. The fourth-order valence-corrected chi connectivity index (χ4v) is 5.23. The van der Waals surface area contributed by atoms with Crippen molar-refractivity contribution in [3.8, 4) is 0 Å². The lowest BCUT2D eigenvalue weighted by molar-refractivity contribution is -0.252. The second-order valence-electron chi connectivity index (χ2n) is 11.2. The molecule has 9 nitrogen and oxygen atoms in total. The maximum atomic E-state index is 12.7. The molecule has 1 fully saturated rings. The van der Waals surface area contributed by atoms with Gasteiger partial charge < -0.3 is 35.8 Å². The lowest BCUT2D eigenvalue weighted by Crippen LogP contribution is -2.37. The number of nitrogen functional groups attached to an aromatic ring is 1. The number of unbranched alkanes of at least 4 members (excludes halogenated alkanes) is 2. The topological polar surface area (TPSA) is 126 Å². The fourth-order valence-electron chi connectivity index (χ4n) is 5.23. The van der Waals surface area contributed by atoms with E-state index in [0.717, 1.165) is 36.2 Å². The first kappa shape index (κ1) is 32.9. The molecule has 4 rings (SSSR count). The minimum Gasteiger partial charge on any atom is -0.397 e. The number of likely N-dealkylation sites (N-methyl/N-ethyl adjacent to an activating group) is 1. The summed E-state index contributed by atoms with van der Waals surface area (Å²) in [6, 6.07) is 22.5. The van der Waals surface area contributed by atoms with Crippen molar-refractivity contribution >= 4 is 28.9 Å². The second kappa shape index (κ2) is 16.7. The molecular formula is C35H44N4O5. The van der Waals surface area contributed by atoms with Crippen LogP contribution in [0.15, 0.2) is 85.5 Å². The summed E-state index contributed by atoms with van der Waals surface area (Å²) in [5, 5.41) is 15.3. The minimum absolute atomic E-state index is 0.00708. The van der Waals surface area contributed by atoms with Crippen molar-refractivity contribution in [2.24, 2.45) is 0 Å². The molecule has 1 saturated heterocycles. The Kier molecular flexibility index (Phi) is 12.5. The Bertz CT molecular complexity index is 1380. The van der Waals surface area contributed by atoms with Crippen molar-refractivity contribution < 1.29 is 24.2 Å². The Balaban J connectivity index is 1.29. The summed E-state index contributed by atoms with van der Waals surface area (Å²) in [5.41, 5.74) is 10.4. The van der Waals surface area contributed by atoms with E-state index >= 15 is 0 Å². The van der Waals surface area contributed by atoms with Gasteiger partial charge in [-0.15, -0.1) is 6.58 Å². The lowest BCUT2D eigenvalue weighted by Gasteiger charge is -2.37. The molecule has 0 bridgehead atoms. The molecule has 3 aromatic carbocycles. The number of ether oxygens (including phenoxy) is 2. The van der Waals surface area contributed by atoms with Crippen LogP contribution in [0.5, 0.6) is 0 Å². The summed E-state index contributed by atoms with van der Waals surface area (Å²) in [5.74, 6) is -0.171. The molecule has 234 valence electrons. The Hall–Kier alpha value is -4.02. The summed E-state index contributed by atoms with van der Waals surface area (Å²) in [4.78, 5) is 27.1. The fraction of sp³-hybridized carbons (Fsp3) is 0.371. The number of carbonyl (C=O) groups is 2. The average Bonchev–Trinajstić information content (AvgIpc) is 3.02. The van der Waals surface area contributed by atoms with Crippen LogP contribution in [0.1, 0.15) is 67.6 Å². The molecule has 9 heteroatoms. The number of nitrogens with zero attached hydrogens (tertiary/aromatic N) is 1. The molecule has 1 aliphatic rings. The quantitative estimate of drug-likeness (QED) is 0.0965. The zero-order valence-electron chi connectivity index (χ0n) is 25.4. The van der Waals surface area contributed by atoms with Crippen molar-refractivity contribution in [3.05, 3.63) is 102 Å². The van der Waals surface area contributed by atoms with Crippen molar-refractivity contribution in [1.82, 2.24) is 4.90 Å². The van der Waals surface area contributed by atoms with Gasteiger partial charge in [0.05, 0.1) is 30.2 Å². The molecular weight excluding hydrogens is 556 g/mol. The van der Waals surface area contributed by atoms with Gasteiger partial charge in [0.25, 0.3) is 0 Å². The SMILES string of the molecule is C=CCN(C)CC1CC(c2ccc(CO)cc2)OC(c2cccc(NC(=O)CCCCCC(=O)Nc3ccccc3N)c2)O1. The van der Waals surface area contributed by atoms with E-state index in [1.165, 1.54) is 0 Å². The highest BCUT2D eigenvalue weighted by atomic mass is 16.7. The number of hydrogen-bond acceptors (Lipinski definition) is 7. The molecule has 0 spiro atoms. The summed E-state index contributed by atoms with van der Waals surface area (Å²) in [6.45, 7) is 5.30. The van der Waals surface area contributed by atoms with E-state index in [2.05, 4.69) is 22.1 Å². The largest absolute Gasteiger partial charge is 0.397 e.